The monoisotopic (exact) mass is 286 g/mol. The van der Waals surface area contributed by atoms with Crippen LogP contribution < -0.4 is 10.1 Å². The number of aryl methyl sites for hydroxylation is 1. The van der Waals surface area contributed by atoms with Crippen molar-refractivity contribution in [2.75, 3.05) is 6.61 Å². The first-order valence-corrected chi connectivity index (χ1v) is 7.62. The normalized spacial score (nSPS) is 15.8. The van der Waals surface area contributed by atoms with Gasteiger partial charge in [0.2, 0.25) is 0 Å². The second-order valence-electron chi connectivity index (χ2n) is 5.64. The maximum absolute atomic E-state index is 12.0. The molecule has 4 heteroatoms. The molecule has 0 aromatic heterocycles. The molecule has 112 valence electrons. The lowest BCUT2D eigenvalue weighted by Gasteiger charge is -2.16. The number of benzene rings is 1. The highest BCUT2D eigenvalue weighted by molar-refractivity contribution is 5.77. The van der Waals surface area contributed by atoms with E-state index in [1.807, 2.05) is 13.0 Å². The van der Waals surface area contributed by atoms with E-state index in [2.05, 4.69) is 11.4 Å². The third kappa shape index (κ3) is 4.78. The van der Waals surface area contributed by atoms with Gasteiger partial charge in [0, 0.05) is 6.04 Å². The number of nitrogens with zero attached hydrogens (tertiary/aromatic N) is 1. The summed E-state index contributed by atoms with van der Waals surface area (Å²) in [5, 5.41) is 11.9. The molecule has 0 unspecified atom stereocenters. The number of rotatable bonds is 4. The van der Waals surface area contributed by atoms with E-state index < -0.39 is 0 Å². The molecule has 4 nitrogen and oxygen atoms in total. The molecule has 0 radical (unpaired) electrons. The van der Waals surface area contributed by atoms with E-state index in [-0.39, 0.29) is 18.6 Å². The van der Waals surface area contributed by atoms with Crippen molar-refractivity contribution in [2.45, 2.75) is 51.5 Å². The molecule has 1 aliphatic rings. The molecule has 1 N–H and O–H groups in total. The molecule has 0 aliphatic heterocycles. The SMILES string of the molecule is Cc1ccc(C#N)cc1OCC(=O)NC1CCCCCC1. The van der Waals surface area contributed by atoms with Gasteiger partial charge in [-0.2, -0.15) is 5.26 Å². The van der Waals surface area contributed by atoms with Crippen LogP contribution in [0.5, 0.6) is 5.75 Å². The number of ether oxygens (including phenoxy) is 1. The van der Waals surface area contributed by atoms with Gasteiger partial charge < -0.3 is 10.1 Å². The second kappa shape index (κ2) is 7.68. The summed E-state index contributed by atoms with van der Waals surface area (Å²) in [6.45, 7) is 1.91. The highest BCUT2D eigenvalue weighted by Gasteiger charge is 2.15. The van der Waals surface area contributed by atoms with E-state index in [0.717, 1.165) is 18.4 Å². The van der Waals surface area contributed by atoms with Crippen molar-refractivity contribution >= 4 is 5.91 Å². The topological polar surface area (TPSA) is 62.1 Å². The highest BCUT2D eigenvalue weighted by Crippen LogP contribution is 2.19. The predicted molar refractivity (Wildman–Crippen MR) is 81.0 cm³/mol. The molecule has 1 saturated carbocycles. The predicted octanol–water partition coefficient (Wildman–Crippen LogP) is 3.08. The summed E-state index contributed by atoms with van der Waals surface area (Å²) in [5.41, 5.74) is 1.47. The van der Waals surface area contributed by atoms with Crippen molar-refractivity contribution in [1.82, 2.24) is 5.32 Å². The number of carbonyl (C=O) groups is 1. The van der Waals surface area contributed by atoms with Crippen molar-refractivity contribution in [2.24, 2.45) is 0 Å². The first-order chi connectivity index (χ1) is 10.2. The number of hydrogen-bond donors (Lipinski definition) is 1. The summed E-state index contributed by atoms with van der Waals surface area (Å²) in [7, 11) is 0. The van der Waals surface area contributed by atoms with Gasteiger partial charge in [0.25, 0.3) is 5.91 Å². The van der Waals surface area contributed by atoms with E-state index in [0.29, 0.717) is 11.3 Å². The molecule has 21 heavy (non-hydrogen) atoms. The van der Waals surface area contributed by atoms with E-state index in [9.17, 15) is 4.79 Å². The van der Waals surface area contributed by atoms with Crippen LogP contribution in [0.25, 0.3) is 0 Å². The first kappa shape index (κ1) is 15.4. The molecule has 1 aliphatic carbocycles. The smallest absolute Gasteiger partial charge is 0.258 e. The molecule has 0 atom stereocenters. The van der Waals surface area contributed by atoms with Gasteiger partial charge in [0.15, 0.2) is 6.61 Å². The van der Waals surface area contributed by atoms with E-state index in [1.165, 1.54) is 25.7 Å². The van der Waals surface area contributed by atoms with Gasteiger partial charge in [-0.3, -0.25) is 4.79 Å². The highest BCUT2D eigenvalue weighted by atomic mass is 16.5. The summed E-state index contributed by atoms with van der Waals surface area (Å²) < 4.78 is 5.55. The number of nitriles is 1. The fourth-order valence-electron chi connectivity index (χ4n) is 2.66. The van der Waals surface area contributed by atoms with E-state index in [1.54, 1.807) is 12.1 Å². The zero-order chi connectivity index (χ0) is 15.1. The Labute approximate surface area is 126 Å². The molecule has 1 aromatic carbocycles. The maximum atomic E-state index is 12.0. The molecular formula is C17H22N2O2. The summed E-state index contributed by atoms with van der Waals surface area (Å²) in [6, 6.07) is 7.61. The van der Waals surface area contributed by atoms with Crippen LogP contribution in [0.2, 0.25) is 0 Å². The van der Waals surface area contributed by atoms with Crippen molar-refractivity contribution in [1.29, 1.82) is 5.26 Å². The number of hydrogen-bond acceptors (Lipinski definition) is 3. The van der Waals surface area contributed by atoms with Crippen LogP contribution >= 0.6 is 0 Å². The zero-order valence-corrected chi connectivity index (χ0v) is 12.5. The van der Waals surface area contributed by atoms with Gasteiger partial charge >= 0.3 is 0 Å². The Morgan fingerprint density at radius 1 is 1.33 bits per heavy atom. The van der Waals surface area contributed by atoms with Crippen molar-refractivity contribution in [3.8, 4) is 11.8 Å². The van der Waals surface area contributed by atoms with E-state index >= 15 is 0 Å². The Bertz CT molecular complexity index is 526. The molecule has 1 aromatic rings. The molecule has 1 fully saturated rings. The molecule has 0 spiro atoms. The minimum atomic E-state index is -0.0799. The minimum absolute atomic E-state index is 0.00617. The number of amides is 1. The summed E-state index contributed by atoms with van der Waals surface area (Å²) in [5.74, 6) is 0.522. The lowest BCUT2D eigenvalue weighted by atomic mass is 10.1. The Morgan fingerprint density at radius 3 is 2.71 bits per heavy atom. The van der Waals surface area contributed by atoms with Gasteiger partial charge in [-0.1, -0.05) is 31.7 Å². The standard InChI is InChI=1S/C17H22N2O2/c1-13-8-9-14(11-18)10-16(13)21-12-17(20)19-15-6-4-2-3-5-7-15/h8-10,15H,2-7,12H2,1H3,(H,19,20). The lowest BCUT2D eigenvalue weighted by molar-refractivity contribution is -0.123. The van der Waals surface area contributed by atoms with Crippen LogP contribution in [0, 0.1) is 18.3 Å². The van der Waals surface area contributed by atoms with E-state index in [4.69, 9.17) is 10.00 Å². The zero-order valence-electron chi connectivity index (χ0n) is 12.5. The third-order valence-electron chi connectivity index (χ3n) is 3.90. The Hall–Kier alpha value is -2.02. The van der Waals surface area contributed by atoms with Gasteiger partial charge in [-0.05, 0) is 37.5 Å². The van der Waals surface area contributed by atoms with Gasteiger partial charge in [0.1, 0.15) is 5.75 Å². The summed E-state index contributed by atoms with van der Waals surface area (Å²) in [4.78, 5) is 12.0. The third-order valence-corrected chi connectivity index (χ3v) is 3.90. The summed E-state index contributed by atoms with van der Waals surface area (Å²) in [6.07, 6.45) is 7.04. The summed E-state index contributed by atoms with van der Waals surface area (Å²) >= 11 is 0. The van der Waals surface area contributed by atoms with Crippen molar-refractivity contribution < 1.29 is 9.53 Å². The fraction of sp³-hybridized carbons (Fsp3) is 0.529. The van der Waals surface area contributed by atoms with Gasteiger partial charge in [0.05, 0.1) is 11.6 Å². The number of nitrogens with one attached hydrogen (secondary N) is 1. The minimum Gasteiger partial charge on any atom is -0.483 e. The Kier molecular flexibility index (Phi) is 5.62. The van der Waals surface area contributed by atoms with Crippen molar-refractivity contribution in [3.05, 3.63) is 29.3 Å². The molecular weight excluding hydrogens is 264 g/mol. The largest absolute Gasteiger partial charge is 0.483 e. The van der Waals surface area contributed by atoms with Gasteiger partial charge in [-0.15, -0.1) is 0 Å². The van der Waals surface area contributed by atoms with Gasteiger partial charge in [-0.25, -0.2) is 0 Å². The molecule has 0 bridgehead atoms. The van der Waals surface area contributed by atoms with Crippen LogP contribution in [-0.4, -0.2) is 18.6 Å². The molecule has 2 rings (SSSR count). The average Bonchev–Trinajstić information content (AvgIpc) is 2.75. The maximum Gasteiger partial charge on any atom is 0.258 e. The molecule has 0 saturated heterocycles. The fourth-order valence-corrected chi connectivity index (χ4v) is 2.66. The quantitative estimate of drug-likeness (QED) is 0.865. The van der Waals surface area contributed by atoms with Crippen LogP contribution in [-0.2, 0) is 4.79 Å². The number of carbonyl (C=O) groups excluding carboxylic acids is 1. The second-order valence-corrected chi connectivity index (χ2v) is 5.64. The lowest BCUT2D eigenvalue weighted by Crippen LogP contribution is -2.37. The van der Waals surface area contributed by atoms with Crippen LogP contribution in [0.15, 0.2) is 18.2 Å². The Balaban J connectivity index is 1.84. The van der Waals surface area contributed by atoms with Crippen LogP contribution in [0.4, 0.5) is 0 Å². The Morgan fingerprint density at radius 2 is 2.05 bits per heavy atom. The molecule has 1 amide bonds. The van der Waals surface area contributed by atoms with Crippen molar-refractivity contribution in [3.63, 3.8) is 0 Å². The van der Waals surface area contributed by atoms with Crippen LogP contribution in [0.1, 0.15) is 49.7 Å². The first-order valence-electron chi connectivity index (χ1n) is 7.62. The molecule has 0 heterocycles. The van der Waals surface area contributed by atoms with Crippen LogP contribution in [0.3, 0.4) is 0 Å². The average molecular weight is 286 g/mol.